The summed E-state index contributed by atoms with van der Waals surface area (Å²) in [5, 5.41) is 2.86. The minimum atomic E-state index is -0.266. The van der Waals surface area contributed by atoms with E-state index in [9.17, 15) is 9.59 Å². The summed E-state index contributed by atoms with van der Waals surface area (Å²) < 4.78 is 10.9. The molecule has 142 valence electrons. The van der Waals surface area contributed by atoms with Gasteiger partial charge in [0.15, 0.2) is 0 Å². The number of benzene rings is 2. The van der Waals surface area contributed by atoms with E-state index < -0.39 is 0 Å². The molecule has 0 unspecified atom stereocenters. The maximum atomic E-state index is 12.7. The maximum Gasteiger partial charge on any atom is 0.259 e. The molecule has 0 bridgehead atoms. The van der Waals surface area contributed by atoms with Crippen molar-refractivity contribution in [1.82, 2.24) is 4.90 Å². The number of ether oxygens (including phenoxy) is 2. The summed E-state index contributed by atoms with van der Waals surface area (Å²) >= 11 is 0. The van der Waals surface area contributed by atoms with Gasteiger partial charge in [0.1, 0.15) is 5.75 Å². The Balaban J connectivity index is 1.72. The summed E-state index contributed by atoms with van der Waals surface area (Å²) in [5.41, 5.74) is 1.59. The molecule has 0 aliphatic carbocycles. The second kappa shape index (κ2) is 9.19. The lowest BCUT2D eigenvalue weighted by Crippen LogP contribution is -2.40. The van der Waals surface area contributed by atoms with Gasteiger partial charge in [0.25, 0.3) is 11.8 Å². The maximum absolute atomic E-state index is 12.7. The quantitative estimate of drug-likeness (QED) is 0.850. The number of nitrogens with one attached hydrogen (secondary N) is 1. The predicted molar refractivity (Wildman–Crippen MR) is 103 cm³/mol. The van der Waals surface area contributed by atoms with Crippen LogP contribution in [-0.4, -0.2) is 49.6 Å². The SMILES string of the molecule is CCCOc1ccccc1C(=O)Nc1cccc(C(=O)N2CCOCC2)c1. The number of hydrogen-bond donors (Lipinski definition) is 1. The highest BCUT2D eigenvalue weighted by molar-refractivity contribution is 6.06. The number of anilines is 1. The predicted octanol–water partition coefficient (Wildman–Crippen LogP) is 3.20. The van der Waals surface area contributed by atoms with Crippen molar-refractivity contribution in [1.29, 1.82) is 0 Å². The van der Waals surface area contributed by atoms with Crippen LogP contribution < -0.4 is 10.1 Å². The third kappa shape index (κ3) is 4.86. The Morgan fingerprint density at radius 3 is 2.67 bits per heavy atom. The van der Waals surface area contributed by atoms with E-state index in [1.54, 1.807) is 47.4 Å². The van der Waals surface area contributed by atoms with Gasteiger partial charge in [-0.15, -0.1) is 0 Å². The number of nitrogens with zero attached hydrogens (tertiary/aromatic N) is 1. The topological polar surface area (TPSA) is 67.9 Å². The van der Waals surface area contributed by atoms with Crippen LogP contribution in [0.25, 0.3) is 0 Å². The minimum absolute atomic E-state index is 0.0546. The lowest BCUT2D eigenvalue weighted by atomic mass is 10.1. The Morgan fingerprint density at radius 2 is 1.89 bits per heavy atom. The molecule has 3 rings (SSSR count). The molecule has 0 atom stereocenters. The van der Waals surface area contributed by atoms with Crippen molar-refractivity contribution < 1.29 is 19.1 Å². The van der Waals surface area contributed by atoms with Crippen LogP contribution >= 0.6 is 0 Å². The van der Waals surface area contributed by atoms with Crippen molar-refractivity contribution in [3.63, 3.8) is 0 Å². The zero-order valence-electron chi connectivity index (χ0n) is 15.4. The minimum Gasteiger partial charge on any atom is -0.493 e. The molecule has 1 heterocycles. The largest absolute Gasteiger partial charge is 0.493 e. The highest BCUT2D eigenvalue weighted by Crippen LogP contribution is 2.21. The molecule has 6 heteroatoms. The zero-order valence-corrected chi connectivity index (χ0v) is 15.4. The summed E-state index contributed by atoms with van der Waals surface area (Å²) in [5.74, 6) is 0.233. The van der Waals surface area contributed by atoms with E-state index in [2.05, 4.69) is 5.32 Å². The fraction of sp³-hybridized carbons (Fsp3) is 0.333. The molecule has 1 fully saturated rings. The van der Waals surface area contributed by atoms with Crippen LogP contribution in [0.4, 0.5) is 5.69 Å². The third-order valence-corrected chi connectivity index (χ3v) is 4.26. The smallest absolute Gasteiger partial charge is 0.259 e. The van der Waals surface area contributed by atoms with Crippen molar-refractivity contribution in [2.24, 2.45) is 0 Å². The summed E-state index contributed by atoms with van der Waals surface area (Å²) in [7, 11) is 0. The lowest BCUT2D eigenvalue weighted by Gasteiger charge is -2.27. The van der Waals surface area contributed by atoms with Crippen LogP contribution in [0.3, 0.4) is 0 Å². The van der Waals surface area contributed by atoms with Gasteiger partial charge in [-0.05, 0) is 36.8 Å². The molecule has 2 aromatic rings. The Kier molecular flexibility index (Phi) is 6.44. The van der Waals surface area contributed by atoms with Crippen LogP contribution in [0.2, 0.25) is 0 Å². The Morgan fingerprint density at radius 1 is 1.11 bits per heavy atom. The fourth-order valence-corrected chi connectivity index (χ4v) is 2.87. The number of amides is 2. The normalized spacial score (nSPS) is 13.9. The summed E-state index contributed by atoms with van der Waals surface area (Å²) in [6.07, 6.45) is 0.863. The van der Waals surface area contributed by atoms with Gasteiger partial charge in [-0.2, -0.15) is 0 Å². The van der Waals surface area contributed by atoms with Crippen LogP contribution in [0.1, 0.15) is 34.1 Å². The first-order chi connectivity index (χ1) is 13.2. The molecule has 0 spiro atoms. The number of rotatable bonds is 6. The van der Waals surface area contributed by atoms with E-state index in [-0.39, 0.29) is 11.8 Å². The molecule has 6 nitrogen and oxygen atoms in total. The highest BCUT2D eigenvalue weighted by Gasteiger charge is 2.19. The fourth-order valence-electron chi connectivity index (χ4n) is 2.87. The number of carbonyl (C=O) groups excluding carboxylic acids is 2. The summed E-state index contributed by atoms with van der Waals surface area (Å²) in [6.45, 7) is 4.83. The second-order valence-electron chi connectivity index (χ2n) is 6.28. The molecule has 0 aromatic heterocycles. The van der Waals surface area contributed by atoms with Gasteiger partial charge >= 0.3 is 0 Å². The second-order valence-corrected chi connectivity index (χ2v) is 6.28. The monoisotopic (exact) mass is 368 g/mol. The number of para-hydroxylation sites is 1. The van der Waals surface area contributed by atoms with Crippen molar-refractivity contribution >= 4 is 17.5 Å². The molecule has 2 amide bonds. The van der Waals surface area contributed by atoms with Crippen LogP contribution in [0.15, 0.2) is 48.5 Å². The molecule has 1 N–H and O–H groups in total. The van der Waals surface area contributed by atoms with Gasteiger partial charge < -0.3 is 19.7 Å². The summed E-state index contributed by atoms with van der Waals surface area (Å²) in [4.78, 5) is 27.1. The molecular weight excluding hydrogens is 344 g/mol. The van der Waals surface area contributed by atoms with E-state index in [1.165, 1.54) is 0 Å². The Hall–Kier alpha value is -2.86. The van der Waals surface area contributed by atoms with Gasteiger partial charge in [-0.3, -0.25) is 9.59 Å². The van der Waals surface area contributed by atoms with Gasteiger partial charge in [-0.1, -0.05) is 25.1 Å². The van der Waals surface area contributed by atoms with Crippen LogP contribution in [0.5, 0.6) is 5.75 Å². The van der Waals surface area contributed by atoms with E-state index in [4.69, 9.17) is 9.47 Å². The molecule has 0 radical (unpaired) electrons. The molecule has 27 heavy (non-hydrogen) atoms. The Bertz CT molecular complexity index is 800. The number of hydrogen-bond acceptors (Lipinski definition) is 4. The number of morpholine rings is 1. The zero-order chi connectivity index (χ0) is 19.1. The Labute approximate surface area is 159 Å². The van der Waals surface area contributed by atoms with Crippen LogP contribution in [0, 0.1) is 0 Å². The molecule has 2 aromatic carbocycles. The molecule has 1 aliphatic rings. The number of carbonyl (C=O) groups is 2. The molecule has 0 saturated carbocycles. The van der Waals surface area contributed by atoms with E-state index in [0.717, 1.165) is 6.42 Å². The van der Waals surface area contributed by atoms with Gasteiger partial charge in [0, 0.05) is 24.3 Å². The van der Waals surface area contributed by atoms with Gasteiger partial charge in [-0.25, -0.2) is 0 Å². The third-order valence-electron chi connectivity index (χ3n) is 4.26. The summed E-state index contributed by atoms with van der Waals surface area (Å²) in [6, 6.07) is 14.1. The van der Waals surface area contributed by atoms with Crippen molar-refractivity contribution in [3.05, 3.63) is 59.7 Å². The van der Waals surface area contributed by atoms with Gasteiger partial charge in [0.05, 0.1) is 25.4 Å². The molecular formula is C21H24N2O4. The van der Waals surface area contributed by atoms with Crippen molar-refractivity contribution in [2.45, 2.75) is 13.3 Å². The lowest BCUT2D eigenvalue weighted by molar-refractivity contribution is 0.0303. The first kappa shape index (κ1) is 18.9. The standard InChI is InChI=1S/C21H24N2O4/c1-2-12-27-19-9-4-3-8-18(19)20(24)22-17-7-5-6-16(15-17)21(25)23-10-13-26-14-11-23/h3-9,15H,2,10-14H2,1H3,(H,22,24). The van der Waals surface area contributed by atoms with E-state index >= 15 is 0 Å². The van der Waals surface area contributed by atoms with Crippen molar-refractivity contribution in [3.8, 4) is 5.75 Å². The average molecular weight is 368 g/mol. The average Bonchev–Trinajstić information content (AvgIpc) is 2.72. The first-order valence-corrected chi connectivity index (χ1v) is 9.19. The van der Waals surface area contributed by atoms with Crippen molar-refractivity contribution in [2.75, 3.05) is 38.2 Å². The van der Waals surface area contributed by atoms with Gasteiger partial charge in [0.2, 0.25) is 0 Å². The molecule has 1 aliphatic heterocycles. The highest BCUT2D eigenvalue weighted by atomic mass is 16.5. The van der Waals surface area contributed by atoms with Crippen LogP contribution in [-0.2, 0) is 4.74 Å². The van der Waals surface area contributed by atoms with E-state index in [0.29, 0.717) is 55.5 Å². The molecule has 1 saturated heterocycles. The first-order valence-electron chi connectivity index (χ1n) is 9.19. The van der Waals surface area contributed by atoms with E-state index in [1.807, 2.05) is 13.0 Å².